The van der Waals surface area contributed by atoms with Crippen LogP contribution in [0.3, 0.4) is 0 Å². The van der Waals surface area contributed by atoms with Crippen LogP contribution in [0.1, 0.15) is 53.5 Å². The lowest BCUT2D eigenvalue weighted by atomic mass is 10.0. The van der Waals surface area contributed by atoms with E-state index < -0.39 is 30.0 Å². The van der Waals surface area contributed by atoms with Crippen LogP contribution in [0.25, 0.3) is 10.9 Å². The molecule has 2 aliphatic carbocycles. The minimum atomic E-state index is -4.99. The predicted octanol–water partition coefficient (Wildman–Crippen LogP) is 6.26. The van der Waals surface area contributed by atoms with Crippen LogP contribution in [0.5, 0.6) is 0 Å². The summed E-state index contributed by atoms with van der Waals surface area (Å²) in [6.45, 7) is 3.56. The summed E-state index contributed by atoms with van der Waals surface area (Å²) < 4.78 is 87.4. The second-order valence-electron chi connectivity index (χ2n) is 12.3. The number of halogens is 6. The molecule has 4 N–H and O–H groups in total. The number of anilines is 1. The molecule has 1 aromatic heterocycles. The molecule has 46 heavy (non-hydrogen) atoms. The lowest BCUT2D eigenvalue weighted by Gasteiger charge is -2.30. The highest BCUT2D eigenvalue weighted by molar-refractivity contribution is 5.85. The Hall–Kier alpha value is -3.78. The number of methoxy groups -OCH3 is 1. The quantitative estimate of drug-likeness (QED) is 0.0741. The average molecular weight is 652 g/mol. The lowest BCUT2D eigenvalue weighted by molar-refractivity contribution is -0.143. The van der Waals surface area contributed by atoms with Crippen molar-refractivity contribution >= 4 is 22.7 Å². The van der Waals surface area contributed by atoms with Gasteiger partial charge in [-0.2, -0.15) is 26.3 Å². The highest BCUT2D eigenvalue weighted by Crippen LogP contribution is 2.39. The predicted molar refractivity (Wildman–Crippen MR) is 164 cm³/mol. The number of hydrogen-bond donors (Lipinski definition) is 2. The van der Waals surface area contributed by atoms with Gasteiger partial charge in [-0.25, -0.2) is 15.9 Å². The molecule has 250 valence electrons. The number of para-hydroxylation sites is 1. The van der Waals surface area contributed by atoms with Crippen LogP contribution in [-0.4, -0.2) is 54.3 Å². The summed E-state index contributed by atoms with van der Waals surface area (Å²) in [7, 11) is 1.48. The van der Waals surface area contributed by atoms with Gasteiger partial charge in [0.2, 0.25) is 5.96 Å². The van der Waals surface area contributed by atoms with Crippen LogP contribution in [0, 0.1) is 18.8 Å². The zero-order valence-electron chi connectivity index (χ0n) is 25.8. The molecule has 0 amide bonds. The molecule has 8 nitrogen and oxygen atoms in total. The standard InChI is InChI=1S/C32H39F6N7O/c1-20-4-3-5-24-14-25(29(41-28(20)24)43(16-21-6-7-21)17-22-8-9-22)19-44(30(39)42-45(40)10-11-46-2)18-23-12-26(31(33,34)35)15-27(13-23)32(36,37)38/h3-5,12-15,21-22H,6-11,16-19,40H2,1-2H3,(H2,39,42). The third-order valence-corrected chi connectivity index (χ3v) is 8.22. The van der Waals surface area contributed by atoms with E-state index >= 15 is 0 Å². The number of nitrogens with two attached hydrogens (primary N) is 2. The van der Waals surface area contributed by atoms with Crippen molar-refractivity contribution in [1.29, 1.82) is 0 Å². The van der Waals surface area contributed by atoms with Gasteiger partial charge in [0.05, 0.1) is 29.8 Å². The molecule has 5 rings (SSSR count). The van der Waals surface area contributed by atoms with Crippen LogP contribution in [-0.2, 0) is 30.2 Å². The van der Waals surface area contributed by atoms with Gasteiger partial charge in [0.25, 0.3) is 0 Å². The Morgan fingerprint density at radius 2 is 1.54 bits per heavy atom. The first kappa shape index (κ1) is 33.6. The fourth-order valence-corrected chi connectivity index (χ4v) is 5.43. The van der Waals surface area contributed by atoms with E-state index in [4.69, 9.17) is 21.3 Å². The molecule has 0 unspecified atom stereocenters. The number of rotatable bonds is 13. The second-order valence-corrected chi connectivity index (χ2v) is 12.3. The van der Waals surface area contributed by atoms with E-state index in [1.165, 1.54) is 12.0 Å². The summed E-state index contributed by atoms with van der Waals surface area (Å²) in [5.41, 5.74) is 5.90. The summed E-state index contributed by atoms with van der Waals surface area (Å²) in [5, 5.41) is 6.07. The SMILES string of the molecule is COCCN(N)/N=C(\N)N(Cc1cc(C(F)(F)F)cc(C(F)(F)F)c1)Cc1cc2cccc(C)c2nc1N(CC1CC1)CC1CC1. The fourth-order valence-electron chi connectivity index (χ4n) is 5.43. The Labute approximate surface area is 263 Å². The molecule has 1 heterocycles. The first-order valence-corrected chi connectivity index (χ1v) is 15.2. The van der Waals surface area contributed by atoms with E-state index in [2.05, 4.69) is 10.0 Å². The monoisotopic (exact) mass is 651 g/mol. The molecule has 0 radical (unpaired) electrons. The number of hydrazone groups is 1. The van der Waals surface area contributed by atoms with Gasteiger partial charge in [0, 0.05) is 44.2 Å². The maximum atomic E-state index is 13.7. The summed E-state index contributed by atoms with van der Waals surface area (Å²) in [4.78, 5) is 8.83. The first-order valence-electron chi connectivity index (χ1n) is 15.2. The molecule has 2 aliphatic rings. The largest absolute Gasteiger partial charge is 0.416 e. The van der Waals surface area contributed by atoms with Crippen LogP contribution in [0.15, 0.2) is 47.6 Å². The zero-order valence-corrected chi connectivity index (χ0v) is 25.8. The number of hydrogen-bond acceptors (Lipinski definition) is 6. The molecule has 2 saturated carbocycles. The number of aromatic nitrogens is 1. The highest BCUT2D eigenvalue weighted by Gasteiger charge is 2.37. The first-order chi connectivity index (χ1) is 21.7. The van der Waals surface area contributed by atoms with Crippen LogP contribution in [0.4, 0.5) is 32.2 Å². The Morgan fingerprint density at radius 1 is 0.935 bits per heavy atom. The Morgan fingerprint density at radius 3 is 2.09 bits per heavy atom. The van der Waals surface area contributed by atoms with E-state index in [9.17, 15) is 26.3 Å². The smallest absolute Gasteiger partial charge is 0.383 e. The number of benzene rings is 2. The number of guanidine groups is 1. The number of nitrogens with zero attached hydrogens (tertiary/aromatic N) is 5. The molecule has 2 aromatic carbocycles. The van der Waals surface area contributed by atoms with Gasteiger partial charge >= 0.3 is 12.4 Å². The maximum absolute atomic E-state index is 13.7. The third kappa shape index (κ3) is 8.72. The number of ether oxygens (including phenoxy) is 1. The molecular weight excluding hydrogens is 612 g/mol. The van der Waals surface area contributed by atoms with E-state index in [0.29, 0.717) is 24.0 Å². The van der Waals surface area contributed by atoms with Gasteiger partial charge in [-0.15, -0.1) is 5.10 Å². The number of pyridine rings is 1. The van der Waals surface area contributed by atoms with Crippen molar-refractivity contribution in [3.63, 3.8) is 0 Å². The molecule has 0 bridgehead atoms. The summed E-state index contributed by atoms with van der Waals surface area (Å²) >= 11 is 0. The zero-order chi connectivity index (χ0) is 33.2. The van der Waals surface area contributed by atoms with Gasteiger partial charge in [-0.3, -0.25) is 0 Å². The van der Waals surface area contributed by atoms with Crippen LogP contribution in [0.2, 0.25) is 0 Å². The van der Waals surface area contributed by atoms with Crippen molar-refractivity contribution in [2.24, 2.45) is 28.5 Å². The molecule has 0 atom stereocenters. The minimum Gasteiger partial charge on any atom is -0.383 e. The van der Waals surface area contributed by atoms with Gasteiger partial charge in [-0.05, 0) is 79.8 Å². The maximum Gasteiger partial charge on any atom is 0.416 e. The van der Waals surface area contributed by atoms with E-state index in [-0.39, 0.29) is 37.3 Å². The minimum absolute atomic E-state index is 0.00307. The normalized spacial score (nSPS) is 15.8. The van der Waals surface area contributed by atoms with Gasteiger partial charge in [-0.1, -0.05) is 18.2 Å². The Balaban J connectivity index is 1.59. The van der Waals surface area contributed by atoms with Crippen molar-refractivity contribution in [2.75, 3.05) is 38.3 Å². The van der Waals surface area contributed by atoms with Crippen molar-refractivity contribution in [2.45, 2.75) is 58.0 Å². The van der Waals surface area contributed by atoms with Crippen molar-refractivity contribution < 1.29 is 31.1 Å². The Kier molecular flexibility index (Phi) is 9.87. The summed E-state index contributed by atoms with van der Waals surface area (Å²) in [6, 6.07) is 9.29. The number of alkyl halides is 6. The van der Waals surface area contributed by atoms with E-state index in [1.54, 1.807) is 0 Å². The molecular formula is C32H39F6N7O. The number of fused-ring (bicyclic) bond motifs is 1. The van der Waals surface area contributed by atoms with Crippen LogP contribution < -0.4 is 16.5 Å². The summed E-state index contributed by atoms with van der Waals surface area (Å²) in [5.74, 6) is 7.61. The molecule has 3 aromatic rings. The number of aryl methyl sites for hydroxylation is 1. The molecule has 14 heteroatoms. The molecule has 0 saturated heterocycles. The highest BCUT2D eigenvalue weighted by atomic mass is 19.4. The van der Waals surface area contributed by atoms with Gasteiger partial charge < -0.3 is 20.3 Å². The second kappa shape index (κ2) is 13.5. The van der Waals surface area contributed by atoms with E-state index in [1.807, 2.05) is 31.2 Å². The topological polar surface area (TPSA) is 96.2 Å². The Bertz CT molecular complexity index is 1510. The summed E-state index contributed by atoms with van der Waals surface area (Å²) in [6.07, 6.45) is -5.48. The van der Waals surface area contributed by atoms with E-state index in [0.717, 1.165) is 71.7 Å². The molecule has 0 spiro atoms. The van der Waals surface area contributed by atoms with Gasteiger partial charge in [0.1, 0.15) is 5.82 Å². The lowest BCUT2D eigenvalue weighted by Crippen LogP contribution is -2.41. The molecule has 2 fully saturated rings. The third-order valence-electron chi connectivity index (χ3n) is 8.22. The van der Waals surface area contributed by atoms with Gasteiger partial charge in [0.15, 0.2) is 0 Å². The fraction of sp³-hybridized carbons (Fsp3) is 0.500. The van der Waals surface area contributed by atoms with Crippen molar-refractivity contribution in [1.82, 2.24) is 15.0 Å². The van der Waals surface area contributed by atoms with Crippen LogP contribution >= 0.6 is 0 Å². The molecule has 0 aliphatic heterocycles. The van der Waals surface area contributed by atoms with Crippen molar-refractivity contribution in [3.8, 4) is 0 Å². The van der Waals surface area contributed by atoms with Crippen molar-refractivity contribution in [3.05, 3.63) is 70.3 Å². The average Bonchev–Trinajstić information content (AvgIpc) is 3.92. The number of hydrazine groups is 1.